The molecule has 0 unspecified atom stereocenters. The molecule has 3 rings (SSSR count). The van der Waals surface area contributed by atoms with Gasteiger partial charge in [0.25, 0.3) is 0 Å². The third kappa shape index (κ3) is 3.59. The van der Waals surface area contributed by atoms with E-state index < -0.39 is 0 Å². The first-order valence-electron chi connectivity index (χ1n) is 8.02. The second kappa shape index (κ2) is 6.94. The molecule has 1 aliphatic rings. The van der Waals surface area contributed by atoms with Crippen molar-refractivity contribution < 1.29 is 4.74 Å². The zero-order valence-corrected chi connectivity index (χ0v) is 14.5. The molecule has 0 aliphatic carbocycles. The lowest BCUT2D eigenvalue weighted by Crippen LogP contribution is -2.20. The molecule has 1 saturated heterocycles. The van der Waals surface area contributed by atoms with Gasteiger partial charge < -0.3 is 9.64 Å². The van der Waals surface area contributed by atoms with Crippen LogP contribution in [0.15, 0.2) is 12.1 Å². The molecule has 0 radical (unpaired) electrons. The molecule has 3 heterocycles. The van der Waals surface area contributed by atoms with Gasteiger partial charge in [0.05, 0.1) is 11.8 Å². The van der Waals surface area contributed by atoms with Gasteiger partial charge in [-0.2, -0.15) is 5.10 Å². The number of aromatic amines is 1. The Morgan fingerprint density at radius 3 is 2.95 bits per heavy atom. The predicted octanol–water partition coefficient (Wildman–Crippen LogP) is 3.61. The number of aromatic nitrogens is 2. The predicted molar refractivity (Wildman–Crippen MR) is 90.3 cm³/mol. The number of ether oxygens (including phenoxy) is 1. The van der Waals surface area contributed by atoms with Gasteiger partial charge in [0.1, 0.15) is 0 Å². The summed E-state index contributed by atoms with van der Waals surface area (Å²) in [6.45, 7) is 7.15. The average Bonchev–Trinajstić information content (AvgIpc) is 3.20. The summed E-state index contributed by atoms with van der Waals surface area (Å²) in [7, 11) is 2.19. The molecule has 5 heteroatoms. The molecule has 0 saturated carbocycles. The minimum Gasteiger partial charge on any atom is -0.373 e. The molecule has 1 fully saturated rings. The van der Waals surface area contributed by atoms with Crippen LogP contribution in [0.4, 0.5) is 0 Å². The maximum absolute atomic E-state index is 5.77. The molecule has 0 bridgehead atoms. The fraction of sp³-hybridized carbons (Fsp3) is 0.588. The van der Waals surface area contributed by atoms with E-state index in [1.54, 1.807) is 0 Å². The van der Waals surface area contributed by atoms with Gasteiger partial charge in [-0.3, -0.25) is 5.10 Å². The second-order valence-electron chi connectivity index (χ2n) is 6.21. The van der Waals surface area contributed by atoms with E-state index in [0.29, 0.717) is 6.10 Å². The molecule has 0 amide bonds. The molecule has 2 aromatic rings. The Kier molecular flexibility index (Phi) is 4.96. The number of hydrogen-bond acceptors (Lipinski definition) is 4. The number of hydrogen-bond donors (Lipinski definition) is 1. The summed E-state index contributed by atoms with van der Waals surface area (Å²) in [6, 6.07) is 4.50. The first-order valence-corrected chi connectivity index (χ1v) is 8.84. The van der Waals surface area contributed by atoms with E-state index >= 15 is 0 Å². The Morgan fingerprint density at radius 2 is 2.27 bits per heavy atom. The maximum Gasteiger partial charge on any atom is 0.0917 e. The van der Waals surface area contributed by atoms with Gasteiger partial charge >= 0.3 is 0 Å². The third-order valence-electron chi connectivity index (χ3n) is 4.38. The summed E-state index contributed by atoms with van der Waals surface area (Å²) >= 11 is 1.90. The SMILES string of the molecule is Cc1n[nH]c(C)c1CCN(C)Cc1ccc([C@@H]2CCCO2)s1. The summed E-state index contributed by atoms with van der Waals surface area (Å²) in [5.74, 6) is 0. The van der Waals surface area contributed by atoms with E-state index in [2.05, 4.69) is 48.1 Å². The van der Waals surface area contributed by atoms with Crippen molar-refractivity contribution in [3.8, 4) is 0 Å². The molecule has 1 atom stereocenters. The molecule has 0 aromatic carbocycles. The molecule has 120 valence electrons. The molecule has 2 aromatic heterocycles. The third-order valence-corrected chi connectivity index (χ3v) is 5.54. The largest absolute Gasteiger partial charge is 0.373 e. The van der Waals surface area contributed by atoms with Gasteiger partial charge in [-0.25, -0.2) is 0 Å². The molecular weight excluding hydrogens is 294 g/mol. The minimum atomic E-state index is 0.347. The standard InChI is InChI=1S/C17H25N3OS/c1-12-15(13(2)19-18-12)8-9-20(3)11-14-6-7-17(22-14)16-5-4-10-21-16/h6-7,16H,4-5,8-11H2,1-3H3,(H,18,19)/t16-/m0/s1. The molecule has 1 N–H and O–H groups in total. The Balaban J connectivity index is 1.52. The Morgan fingerprint density at radius 1 is 1.41 bits per heavy atom. The highest BCUT2D eigenvalue weighted by Crippen LogP contribution is 2.33. The normalized spacial score (nSPS) is 18.5. The number of likely N-dealkylation sites (N-methyl/N-ethyl adjacent to an activating group) is 1. The number of rotatable bonds is 6. The summed E-state index contributed by atoms with van der Waals surface area (Å²) in [6.07, 6.45) is 3.77. The van der Waals surface area contributed by atoms with E-state index in [0.717, 1.165) is 31.8 Å². The van der Waals surface area contributed by atoms with Gasteiger partial charge in [0.15, 0.2) is 0 Å². The number of nitrogens with one attached hydrogen (secondary N) is 1. The molecule has 1 aliphatic heterocycles. The molecular formula is C17H25N3OS. The zero-order valence-electron chi connectivity index (χ0n) is 13.7. The van der Waals surface area contributed by atoms with Crippen LogP contribution in [-0.4, -0.2) is 35.3 Å². The maximum atomic E-state index is 5.77. The molecule has 22 heavy (non-hydrogen) atoms. The van der Waals surface area contributed by atoms with Gasteiger partial charge in [-0.05, 0) is 57.9 Å². The molecule has 4 nitrogen and oxygen atoms in total. The smallest absolute Gasteiger partial charge is 0.0917 e. The Labute approximate surface area is 136 Å². The summed E-state index contributed by atoms with van der Waals surface area (Å²) in [5, 5.41) is 7.33. The van der Waals surface area contributed by atoms with Crippen molar-refractivity contribution >= 4 is 11.3 Å². The van der Waals surface area contributed by atoms with Gasteiger partial charge in [-0.1, -0.05) is 0 Å². The van der Waals surface area contributed by atoms with Crippen LogP contribution in [0.1, 0.15) is 45.7 Å². The Hall–Kier alpha value is -1.17. The van der Waals surface area contributed by atoms with Crippen molar-refractivity contribution in [3.05, 3.63) is 38.8 Å². The lowest BCUT2D eigenvalue weighted by atomic mass is 10.1. The van der Waals surface area contributed by atoms with E-state index in [1.807, 2.05) is 11.3 Å². The number of aryl methyl sites for hydroxylation is 2. The van der Waals surface area contributed by atoms with Crippen LogP contribution in [0.2, 0.25) is 0 Å². The van der Waals surface area contributed by atoms with Gasteiger partial charge in [0.2, 0.25) is 0 Å². The van der Waals surface area contributed by atoms with Crippen molar-refractivity contribution in [1.82, 2.24) is 15.1 Å². The first-order chi connectivity index (χ1) is 10.6. The van der Waals surface area contributed by atoms with Crippen LogP contribution < -0.4 is 0 Å². The quantitative estimate of drug-likeness (QED) is 0.884. The van der Waals surface area contributed by atoms with Gasteiger partial charge in [0, 0.05) is 35.1 Å². The summed E-state index contributed by atoms with van der Waals surface area (Å²) < 4.78 is 5.77. The highest BCUT2D eigenvalue weighted by Gasteiger charge is 2.19. The van der Waals surface area contributed by atoms with E-state index in [4.69, 9.17) is 4.74 Å². The van der Waals surface area contributed by atoms with Crippen LogP contribution in [0, 0.1) is 13.8 Å². The van der Waals surface area contributed by atoms with E-state index in [9.17, 15) is 0 Å². The second-order valence-corrected chi connectivity index (χ2v) is 7.41. The van der Waals surface area contributed by atoms with Crippen LogP contribution >= 0.6 is 11.3 Å². The highest BCUT2D eigenvalue weighted by atomic mass is 32.1. The van der Waals surface area contributed by atoms with Crippen LogP contribution in [0.3, 0.4) is 0 Å². The van der Waals surface area contributed by atoms with E-state index in [-0.39, 0.29) is 0 Å². The topological polar surface area (TPSA) is 41.2 Å². The average molecular weight is 319 g/mol. The summed E-state index contributed by atoms with van der Waals surface area (Å²) in [4.78, 5) is 5.20. The van der Waals surface area contributed by atoms with Crippen molar-refractivity contribution in [2.45, 2.75) is 45.8 Å². The number of thiophene rings is 1. The number of nitrogens with zero attached hydrogens (tertiary/aromatic N) is 2. The first kappa shape index (κ1) is 15.7. The van der Waals surface area contributed by atoms with Crippen LogP contribution in [-0.2, 0) is 17.7 Å². The fourth-order valence-electron chi connectivity index (χ4n) is 3.04. The minimum absolute atomic E-state index is 0.347. The lowest BCUT2D eigenvalue weighted by Gasteiger charge is -2.15. The van der Waals surface area contributed by atoms with Crippen molar-refractivity contribution in [2.24, 2.45) is 0 Å². The zero-order chi connectivity index (χ0) is 15.5. The highest BCUT2D eigenvalue weighted by molar-refractivity contribution is 7.12. The van der Waals surface area contributed by atoms with Crippen LogP contribution in [0.25, 0.3) is 0 Å². The van der Waals surface area contributed by atoms with Crippen molar-refractivity contribution in [3.63, 3.8) is 0 Å². The monoisotopic (exact) mass is 319 g/mol. The van der Waals surface area contributed by atoms with Crippen molar-refractivity contribution in [1.29, 1.82) is 0 Å². The molecule has 0 spiro atoms. The van der Waals surface area contributed by atoms with E-state index in [1.165, 1.54) is 33.9 Å². The summed E-state index contributed by atoms with van der Waals surface area (Å²) in [5.41, 5.74) is 3.68. The number of H-pyrrole nitrogens is 1. The van der Waals surface area contributed by atoms with Crippen molar-refractivity contribution in [2.75, 3.05) is 20.2 Å². The lowest BCUT2D eigenvalue weighted by molar-refractivity contribution is 0.114. The van der Waals surface area contributed by atoms with Crippen LogP contribution in [0.5, 0.6) is 0 Å². The van der Waals surface area contributed by atoms with Gasteiger partial charge in [-0.15, -0.1) is 11.3 Å². The Bertz CT molecular complexity index is 594. The fourth-order valence-corrected chi connectivity index (χ4v) is 4.22.